The minimum absolute atomic E-state index is 0.0799. The number of anilines is 1. The third-order valence-corrected chi connectivity index (χ3v) is 2.50. The lowest BCUT2D eigenvalue weighted by Gasteiger charge is -2.15. The highest BCUT2D eigenvalue weighted by Crippen LogP contribution is 2.12. The Balaban J connectivity index is 2.23. The molecule has 0 aliphatic rings. The van der Waals surface area contributed by atoms with Crippen LogP contribution in [0.5, 0.6) is 0 Å². The quantitative estimate of drug-likeness (QED) is 0.787. The van der Waals surface area contributed by atoms with Crippen LogP contribution in [0.1, 0.15) is 15.9 Å². The van der Waals surface area contributed by atoms with Gasteiger partial charge in [-0.15, -0.1) is 0 Å². The molecule has 0 aliphatic carbocycles. The molecule has 0 saturated heterocycles. The Hall–Kier alpha value is -2.16. The lowest BCUT2D eigenvalue weighted by molar-refractivity contribution is 0.0992. The molecule has 0 aliphatic heterocycles. The molecular weight excluding hydrogens is 212 g/mol. The molecule has 0 fully saturated rings. The molecular formula is C14H13N2O. The van der Waals surface area contributed by atoms with Gasteiger partial charge in [-0.25, -0.2) is 4.98 Å². The summed E-state index contributed by atoms with van der Waals surface area (Å²) < 4.78 is 0. The Labute approximate surface area is 101 Å². The molecule has 1 aromatic carbocycles. The predicted octanol–water partition coefficient (Wildman–Crippen LogP) is 2.54. The summed E-state index contributed by atoms with van der Waals surface area (Å²) in [6.45, 7) is 3.79. The second kappa shape index (κ2) is 4.78. The molecule has 0 bridgehead atoms. The van der Waals surface area contributed by atoms with Crippen LogP contribution in [0.3, 0.4) is 0 Å². The second-order valence-electron chi connectivity index (χ2n) is 3.75. The summed E-state index contributed by atoms with van der Waals surface area (Å²) in [4.78, 5) is 17.8. The third-order valence-electron chi connectivity index (χ3n) is 2.50. The zero-order valence-electron chi connectivity index (χ0n) is 9.63. The van der Waals surface area contributed by atoms with Crippen molar-refractivity contribution >= 4 is 11.7 Å². The monoisotopic (exact) mass is 225 g/mol. The van der Waals surface area contributed by atoms with Crippen LogP contribution in [-0.4, -0.2) is 17.9 Å². The largest absolute Gasteiger partial charge is 0.296 e. The van der Waals surface area contributed by atoms with E-state index in [4.69, 9.17) is 0 Å². The summed E-state index contributed by atoms with van der Waals surface area (Å²) in [7, 11) is 1.71. The maximum Gasteiger partial charge on any atom is 0.259 e. The lowest BCUT2D eigenvalue weighted by Crippen LogP contribution is -2.26. The van der Waals surface area contributed by atoms with E-state index in [-0.39, 0.29) is 5.91 Å². The van der Waals surface area contributed by atoms with Crippen molar-refractivity contribution in [1.82, 2.24) is 4.98 Å². The Morgan fingerprint density at radius 1 is 1.18 bits per heavy atom. The van der Waals surface area contributed by atoms with Gasteiger partial charge in [0.2, 0.25) is 0 Å². The minimum atomic E-state index is -0.0799. The summed E-state index contributed by atoms with van der Waals surface area (Å²) in [6.07, 6.45) is 1.66. The van der Waals surface area contributed by atoms with Crippen molar-refractivity contribution in [3.8, 4) is 0 Å². The van der Waals surface area contributed by atoms with Crippen LogP contribution in [0, 0.1) is 6.92 Å². The number of rotatable bonds is 2. The standard InChI is InChI=1S/C14H13N2O/c1-11-6-8-12(9-7-11)14(17)16(2)13-5-3-4-10-15-13/h3-10H,1H2,2H3. The van der Waals surface area contributed by atoms with Gasteiger partial charge in [-0.1, -0.05) is 18.2 Å². The summed E-state index contributed by atoms with van der Waals surface area (Å²) in [5, 5.41) is 0. The minimum Gasteiger partial charge on any atom is -0.296 e. The van der Waals surface area contributed by atoms with Gasteiger partial charge in [0.25, 0.3) is 5.91 Å². The van der Waals surface area contributed by atoms with Crippen molar-refractivity contribution in [3.05, 3.63) is 66.7 Å². The molecule has 17 heavy (non-hydrogen) atoms. The first-order valence-electron chi connectivity index (χ1n) is 5.29. The third kappa shape index (κ3) is 2.50. The number of benzene rings is 1. The van der Waals surface area contributed by atoms with Crippen molar-refractivity contribution in [2.24, 2.45) is 0 Å². The molecule has 1 amide bonds. The number of carbonyl (C=O) groups is 1. The normalized spacial score (nSPS) is 10.0. The van der Waals surface area contributed by atoms with Gasteiger partial charge in [0.1, 0.15) is 5.82 Å². The van der Waals surface area contributed by atoms with Gasteiger partial charge in [0, 0.05) is 18.8 Å². The molecule has 0 unspecified atom stereocenters. The molecule has 1 heterocycles. The van der Waals surface area contributed by atoms with E-state index in [0.717, 1.165) is 5.56 Å². The molecule has 3 heteroatoms. The van der Waals surface area contributed by atoms with E-state index in [1.807, 2.05) is 24.3 Å². The van der Waals surface area contributed by atoms with Gasteiger partial charge in [-0.3, -0.25) is 9.69 Å². The lowest BCUT2D eigenvalue weighted by atomic mass is 10.1. The fourth-order valence-corrected chi connectivity index (χ4v) is 1.50. The van der Waals surface area contributed by atoms with Crippen LogP contribution in [0.25, 0.3) is 0 Å². The van der Waals surface area contributed by atoms with Crippen molar-refractivity contribution in [2.75, 3.05) is 11.9 Å². The van der Waals surface area contributed by atoms with E-state index < -0.39 is 0 Å². The van der Waals surface area contributed by atoms with Crippen LogP contribution in [-0.2, 0) is 0 Å². The SMILES string of the molecule is [CH2]c1ccc(C(=O)N(C)c2ccccn2)cc1. The van der Waals surface area contributed by atoms with Crippen molar-refractivity contribution in [3.63, 3.8) is 0 Å². The highest BCUT2D eigenvalue weighted by molar-refractivity contribution is 6.05. The summed E-state index contributed by atoms with van der Waals surface area (Å²) in [5.74, 6) is 0.555. The molecule has 2 aromatic rings. The van der Waals surface area contributed by atoms with E-state index in [0.29, 0.717) is 11.4 Å². The van der Waals surface area contributed by atoms with Crippen LogP contribution in [0.2, 0.25) is 0 Å². The molecule has 0 N–H and O–H groups in total. The number of hydrogen-bond acceptors (Lipinski definition) is 2. The van der Waals surface area contributed by atoms with Crippen molar-refractivity contribution < 1.29 is 4.79 Å². The van der Waals surface area contributed by atoms with Gasteiger partial charge >= 0.3 is 0 Å². The van der Waals surface area contributed by atoms with Crippen LogP contribution < -0.4 is 4.90 Å². The summed E-state index contributed by atoms with van der Waals surface area (Å²) in [6, 6.07) is 12.6. The number of pyridine rings is 1. The molecule has 0 saturated carbocycles. The zero-order valence-corrected chi connectivity index (χ0v) is 9.63. The maximum absolute atomic E-state index is 12.1. The highest BCUT2D eigenvalue weighted by atomic mass is 16.2. The van der Waals surface area contributed by atoms with Gasteiger partial charge in [0.05, 0.1) is 0 Å². The van der Waals surface area contributed by atoms with Crippen LogP contribution in [0.4, 0.5) is 5.82 Å². The van der Waals surface area contributed by atoms with Crippen molar-refractivity contribution in [2.45, 2.75) is 0 Å². The number of aromatic nitrogens is 1. The topological polar surface area (TPSA) is 33.2 Å². The smallest absolute Gasteiger partial charge is 0.259 e. The number of amides is 1. The Kier molecular flexibility index (Phi) is 3.19. The average Bonchev–Trinajstić information content (AvgIpc) is 2.39. The molecule has 1 radical (unpaired) electrons. The van der Waals surface area contributed by atoms with Gasteiger partial charge < -0.3 is 0 Å². The molecule has 1 aromatic heterocycles. The fraction of sp³-hybridized carbons (Fsp3) is 0.0714. The fourth-order valence-electron chi connectivity index (χ4n) is 1.50. The molecule has 85 valence electrons. The molecule has 0 spiro atoms. The average molecular weight is 225 g/mol. The number of hydrogen-bond donors (Lipinski definition) is 0. The van der Waals surface area contributed by atoms with E-state index >= 15 is 0 Å². The summed E-state index contributed by atoms with van der Waals surface area (Å²) in [5.41, 5.74) is 1.52. The Morgan fingerprint density at radius 2 is 1.88 bits per heavy atom. The van der Waals surface area contributed by atoms with E-state index in [1.54, 1.807) is 31.4 Å². The molecule has 0 atom stereocenters. The van der Waals surface area contributed by atoms with Crippen LogP contribution in [0.15, 0.2) is 48.7 Å². The highest BCUT2D eigenvalue weighted by Gasteiger charge is 2.13. The van der Waals surface area contributed by atoms with E-state index in [1.165, 1.54) is 4.90 Å². The first-order valence-corrected chi connectivity index (χ1v) is 5.29. The summed E-state index contributed by atoms with van der Waals surface area (Å²) >= 11 is 0. The number of nitrogens with zero attached hydrogens (tertiary/aromatic N) is 2. The maximum atomic E-state index is 12.1. The van der Waals surface area contributed by atoms with Crippen LogP contribution >= 0.6 is 0 Å². The van der Waals surface area contributed by atoms with E-state index in [9.17, 15) is 4.79 Å². The molecule has 3 nitrogen and oxygen atoms in total. The second-order valence-corrected chi connectivity index (χ2v) is 3.75. The number of carbonyl (C=O) groups excluding carboxylic acids is 1. The first kappa shape index (κ1) is 11.3. The Bertz CT molecular complexity index is 506. The molecule has 2 rings (SSSR count). The predicted molar refractivity (Wildman–Crippen MR) is 67.9 cm³/mol. The first-order chi connectivity index (χ1) is 8.18. The zero-order chi connectivity index (χ0) is 12.3. The van der Waals surface area contributed by atoms with Gasteiger partial charge in [-0.2, -0.15) is 0 Å². The van der Waals surface area contributed by atoms with Crippen molar-refractivity contribution in [1.29, 1.82) is 0 Å². The Morgan fingerprint density at radius 3 is 2.47 bits per heavy atom. The van der Waals surface area contributed by atoms with E-state index in [2.05, 4.69) is 11.9 Å². The van der Waals surface area contributed by atoms with Gasteiger partial charge in [0.15, 0.2) is 0 Å². The van der Waals surface area contributed by atoms with Gasteiger partial charge in [-0.05, 0) is 36.8 Å².